The zero-order valence-electron chi connectivity index (χ0n) is 19.1. The van der Waals surface area contributed by atoms with Crippen LogP contribution in [-0.2, 0) is 16.0 Å². The first-order chi connectivity index (χ1) is 14.6. The van der Waals surface area contributed by atoms with Gasteiger partial charge >= 0.3 is 6.09 Å². The standard InChI is InChI=1S/C24H33N3O4/c1-16-21(17-9-7-6-8-10-17)30-20(26-16)14-13-19(28)27-24(5,18-11-12-18)15-25-22(29)31-23(2,3)4/h6-10,18H,11-15H2,1-5H3,(H,25,29)(H,27,28). The first-order valence-electron chi connectivity index (χ1n) is 10.9. The van der Waals surface area contributed by atoms with E-state index >= 15 is 0 Å². The fourth-order valence-electron chi connectivity index (χ4n) is 3.60. The molecule has 2 amide bonds. The number of carbonyl (C=O) groups excluding carboxylic acids is 2. The molecule has 1 saturated carbocycles. The number of alkyl carbamates (subject to hydrolysis) is 1. The fraction of sp³-hybridized carbons (Fsp3) is 0.542. The van der Waals surface area contributed by atoms with Gasteiger partial charge in [0.05, 0.1) is 11.2 Å². The van der Waals surface area contributed by atoms with Gasteiger partial charge in [-0.3, -0.25) is 4.79 Å². The highest BCUT2D eigenvalue weighted by atomic mass is 16.6. The average Bonchev–Trinajstić information content (AvgIpc) is 3.48. The molecule has 168 valence electrons. The Labute approximate surface area is 184 Å². The fourth-order valence-corrected chi connectivity index (χ4v) is 3.60. The van der Waals surface area contributed by atoms with E-state index in [1.807, 2.05) is 65.0 Å². The number of amides is 2. The second-order valence-corrected chi connectivity index (χ2v) is 9.48. The predicted molar refractivity (Wildman–Crippen MR) is 119 cm³/mol. The first-order valence-corrected chi connectivity index (χ1v) is 10.9. The van der Waals surface area contributed by atoms with Crippen LogP contribution >= 0.6 is 0 Å². The third kappa shape index (κ3) is 6.57. The number of hydrogen-bond acceptors (Lipinski definition) is 5. The van der Waals surface area contributed by atoms with Crippen molar-refractivity contribution in [1.82, 2.24) is 15.6 Å². The van der Waals surface area contributed by atoms with Gasteiger partial charge in [0, 0.05) is 24.9 Å². The molecule has 2 aromatic rings. The number of rotatable bonds is 8. The number of carbonyl (C=O) groups is 2. The Bertz CT molecular complexity index is 913. The lowest BCUT2D eigenvalue weighted by Gasteiger charge is -2.32. The highest BCUT2D eigenvalue weighted by Gasteiger charge is 2.43. The Kier molecular flexibility index (Phi) is 6.72. The molecule has 1 aromatic carbocycles. The van der Waals surface area contributed by atoms with Crippen LogP contribution < -0.4 is 10.6 Å². The number of hydrogen-bond donors (Lipinski definition) is 2. The maximum atomic E-state index is 12.7. The van der Waals surface area contributed by atoms with Crippen LogP contribution in [0.3, 0.4) is 0 Å². The Morgan fingerprint density at radius 2 is 1.84 bits per heavy atom. The van der Waals surface area contributed by atoms with Crippen molar-refractivity contribution in [3.8, 4) is 11.3 Å². The third-order valence-corrected chi connectivity index (χ3v) is 5.35. The van der Waals surface area contributed by atoms with Crippen LogP contribution in [0.15, 0.2) is 34.7 Å². The summed E-state index contributed by atoms with van der Waals surface area (Å²) in [6.07, 6.45) is 2.28. The Morgan fingerprint density at radius 1 is 1.16 bits per heavy atom. The minimum Gasteiger partial charge on any atom is -0.444 e. The quantitative estimate of drug-likeness (QED) is 0.652. The molecule has 1 aromatic heterocycles. The minimum absolute atomic E-state index is 0.0856. The van der Waals surface area contributed by atoms with E-state index in [0.29, 0.717) is 24.8 Å². The molecule has 7 heteroatoms. The van der Waals surface area contributed by atoms with E-state index in [1.54, 1.807) is 0 Å². The zero-order valence-corrected chi connectivity index (χ0v) is 19.1. The topological polar surface area (TPSA) is 93.5 Å². The van der Waals surface area contributed by atoms with Gasteiger partial charge in [0.2, 0.25) is 5.91 Å². The molecule has 0 radical (unpaired) electrons. The van der Waals surface area contributed by atoms with Gasteiger partial charge in [0.25, 0.3) is 0 Å². The molecule has 1 aliphatic rings. The molecule has 1 heterocycles. The van der Waals surface area contributed by atoms with Crippen molar-refractivity contribution in [2.75, 3.05) is 6.54 Å². The predicted octanol–water partition coefficient (Wildman–Crippen LogP) is 4.39. The Morgan fingerprint density at radius 3 is 2.45 bits per heavy atom. The van der Waals surface area contributed by atoms with E-state index in [-0.39, 0.29) is 12.3 Å². The van der Waals surface area contributed by atoms with Gasteiger partial charge in [-0.25, -0.2) is 9.78 Å². The van der Waals surface area contributed by atoms with Gasteiger partial charge in [0.15, 0.2) is 11.7 Å². The monoisotopic (exact) mass is 427 g/mol. The summed E-state index contributed by atoms with van der Waals surface area (Å²) in [5, 5.41) is 5.92. The van der Waals surface area contributed by atoms with Crippen LogP contribution in [0, 0.1) is 12.8 Å². The largest absolute Gasteiger partial charge is 0.444 e. The van der Waals surface area contributed by atoms with Gasteiger partial charge in [-0.1, -0.05) is 30.3 Å². The zero-order chi connectivity index (χ0) is 22.6. The number of aromatic nitrogens is 1. The highest BCUT2D eigenvalue weighted by molar-refractivity contribution is 5.77. The lowest BCUT2D eigenvalue weighted by Crippen LogP contribution is -2.55. The summed E-state index contributed by atoms with van der Waals surface area (Å²) < 4.78 is 11.2. The van der Waals surface area contributed by atoms with Crippen molar-refractivity contribution in [3.63, 3.8) is 0 Å². The van der Waals surface area contributed by atoms with Gasteiger partial charge in [-0.15, -0.1) is 0 Å². The summed E-state index contributed by atoms with van der Waals surface area (Å²) >= 11 is 0. The van der Waals surface area contributed by atoms with Crippen molar-refractivity contribution in [2.24, 2.45) is 5.92 Å². The Balaban J connectivity index is 1.54. The van der Waals surface area contributed by atoms with Crippen LogP contribution in [0.25, 0.3) is 11.3 Å². The molecule has 0 bridgehead atoms. The molecule has 1 aliphatic carbocycles. The number of nitrogens with zero attached hydrogens (tertiary/aromatic N) is 1. The van der Waals surface area contributed by atoms with Crippen LogP contribution in [0.2, 0.25) is 0 Å². The Hall–Kier alpha value is -2.83. The lowest BCUT2D eigenvalue weighted by molar-refractivity contribution is -0.123. The number of aryl methyl sites for hydroxylation is 2. The van der Waals surface area contributed by atoms with Crippen LogP contribution in [0.1, 0.15) is 58.5 Å². The number of oxazole rings is 1. The molecule has 1 fully saturated rings. The molecular weight excluding hydrogens is 394 g/mol. The van der Waals surface area contributed by atoms with Gasteiger partial charge in [0.1, 0.15) is 5.60 Å². The molecule has 1 unspecified atom stereocenters. The molecule has 31 heavy (non-hydrogen) atoms. The SMILES string of the molecule is Cc1nc(CCC(=O)NC(C)(CNC(=O)OC(C)(C)C)C2CC2)oc1-c1ccccc1. The normalized spacial score (nSPS) is 15.8. The third-order valence-electron chi connectivity index (χ3n) is 5.35. The molecular formula is C24H33N3O4. The lowest BCUT2D eigenvalue weighted by atomic mass is 9.95. The van der Waals surface area contributed by atoms with Gasteiger partial charge in [-0.05, 0) is 53.4 Å². The molecule has 1 atom stereocenters. The summed E-state index contributed by atoms with van der Waals surface area (Å²) in [6.45, 7) is 9.67. The summed E-state index contributed by atoms with van der Waals surface area (Å²) in [4.78, 5) is 29.2. The van der Waals surface area contributed by atoms with Crippen molar-refractivity contribution < 1.29 is 18.7 Å². The molecule has 7 nitrogen and oxygen atoms in total. The molecule has 0 spiro atoms. The van der Waals surface area contributed by atoms with E-state index in [1.165, 1.54) is 0 Å². The molecule has 0 saturated heterocycles. The van der Waals surface area contributed by atoms with Crippen molar-refractivity contribution in [2.45, 2.75) is 71.4 Å². The van der Waals surface area contributed by atoms with Crippen molar-refractivity contribution in [1.29, 1.82) is 0 Å². The molecule has 0 aliphatic heterocycles. The first kappa shape index (κ1) is 22.8. The summed E-state index contributed by atoms with van der Waals surface area (Å²) in [6, 6.07) is 9.81. The van der Waals surface area contributed by atoms with Crippen molar-refractivity contribution >= 4 is 12.0 Å². The highest BCUT2D eigenvalue weighted by Crippen LogP contribution is 2.39. The maximum absolute atomic E-state index is 12.7. The van der Waals surface area contributed by atoms with E-state index in [2.05, 4.69) is 15.6 Å². The van der Waals surface area contributed by atoms with E-state index < -0.39 is 17.2 Å². The second kappa shape index (κ2) is 9.12. The number of benzene rings is 1. The van der Waals surface area contributed by atoms with Gasteiger partial charge in [-0.2, -0.15) is 0 Å². The average molecular weight is 428 g/mol. The van der Waals surface area contributed by atoms with E-state index in [0.717, 1.165) is 29.9 Å². The van der Waals surface area contributed by atoms with Crippen LogP contribution in [0.4, 0.5) is 4.79 Å². The number of nitrogens with one attached hydrogen (secondary N) is 2. The van der Waals surface area contributed by atoms with E-state index in [4.69, 9.17) is 9.15 Å². The van der Waals surface area contributed by atoms with E-state index in [9.17, 15) is 9.59 Å². The van der Waals surface area contributed by atoms with Crippen molar-refractivity contribution in [3.05, 3.63) is 41.9 Å². The minimum atomic E-state index is -0.559. The van der Waals surface area contributed by atoms with Crippen LogP contribution in [0.5, 0.6) is 0 Å². The van der Waals surface area contributed by atoms with Crippen LogP contribution in [-0.4, -0.2) is 34.7 Å². The number of ether oxygens (including phenoxy) is 1. The maximum Gasteiger partial charge on any atom is 0.407 e. The summed E-state index contributed by atoms with van der Waals surface area (Å²) in [7, 11) is 0. The molecule has 3 rings (SSSR count). The smallest absolute Gasteiger partial charge is 0.407 e. The van der Waals surface area contributed by atoms with Gasteiger partial charge < -0.3 is 19.8 Å². The summed E-state index contributed by atoms with van der Waals surface area (Å²) in [5.74, 6) is 1.55. The second-order valence-electron chi connectivity index (χ2n) is 9.48. The summed E-state index contributed by atoms with van der Waals surface area (Å²) in [5.41, 5.74) is 0.718. The molecule has 2 N–H and O–H groups in total.